The van der Waals surface area contributed by atoms with Crippen LogP contribution in [0.1, 0.15) is 5.89 Å². The molecule has 106 valence electrons. The van der Waals surface area contributed by atoms with Crippen LogP contribution in [0.5, 0.6) is 5.75 Å². The van der Waals surface area contributed by atoms with E-state index >= 15 is 0 Å². The van der Waals surface area contributed by atoms with E-state index in [0.29, 0.717) is 17.5 Å². The van der Waals surface area contributed by atoms with E-state index in [4.69, 9.17) is 20.8 Å². The third-order valence-corrected chi connectivity index (χ3v) is 3.03. The van der Waals surface area contributed by atoms with Gasteiger partial charge in [-0.1, -0.05) is 29.8 Å². The van der Waals surface area contributed by atoms with E-state index in [0.717, 1.165) is 5.56 Å². The summed E-state index contributed by atoms with van der Waals surface area (Å²) in [5.41, 5.74) is 0.834. The lowest BCUT2D eigenvalue weighted by Gasteiger charge is -2.03. The van der Waals surface area contributed by atoms with Crippen molar-refractivity contribution in [1.29, 1.82) is 0 Å². The third kappa shape index (κ3) is 3.20. The Morgan fingerprint density at radius 2 is 1.90 bits per heavy atom. The molecule has 0 aliphatic heterocycles. The molecule has 3 aromatic rings. The van der Waals surface area contributed by atoms with E-state index in [1.54, 1.807) is 0 Å². The first-order chi connectivity index (χ1) is 10.2. The number of rotatable bonds is 4. The zero-order valence-electron chi connectivity index (χ0n) is 10.8. The van der Waals surface area contributed by atoms with Gasteiger partial charge < -0.3 is 9.15 Å². The first-order valence-corrected chi connectivity index (χ1v) is 6.56. The molecule has 0 saturated heterocycles. The van der Waals surface area contributed by atoms with Crippen LogP contribution in [0.3, 0.4) is 0 Å². The maximum Gasteiger partial charge on any atom is 0.254 e. The van der Waals surface area contributed by atoms with Crippen molar-refractivity contribution in [3.8, 4) is 17.2 Å². The fourth-order valence-electron chi connectivity index (χ4n) is 1.72. The van der Waals surface area contributed by atoms with Gasteiger partial charge in [-0.2, -0.15) is 0 Å². The first kappa shape index (κ1) is 13.6. The number of hydrogen-bond donors (Lipinski definition) is 0. The van der Waals surface area contributed by atoms with Crippen molar-refractivity contribution in [3.63, 3.8) is 0 Å². The average molecular weight is 305 g/mol. The Bertz CT molecular complexity index is 746. The quantitative estimate of drug-likeness (QED) is 0.728. The molecule has 2 aromatic carbocycles. The smallest absolute Gasteiger partial charge is 0.254 e. The summed E-state index contributed by atoms with van der Waals surface area (Å²) in [5.74, 6) is 0.690. The van der Waals surface area contributed by atoms with Gasteiger partial charge in [0.15, 0.2) is 6.61 Å². The van der Waals surface area contributed by atoms with Gasteiger partial charge >= 0.3 is 0 Å². The molecule has 21 heavy (non-hydrogen) atoms. The monoisotopic (exact) mass is 304 g/mol. The maximum atomic E-state index is 13.0. The molecule has 0 aliphatic rings. The van der Waals surface area contributed by atoms with Gasteiger partial charge in [0, 0.05) is 11.6 Å². The zero-order valence-corrected chi connectivity index (χ0v) is 11.5. The molecule has 0 unspecified atom stereocenters. The number of halogens is 2. The van der Waals surface area contributed by atoms with Crippen LogP contribution in [0, 0.1) is 5.82 Å². The molecule has 0 saturated carbocycles. The minimum Gasteiger partial charge on any atom is -0.484 e. The summed E-state index contributed by atoms with van der Waals surface area (Å²) in [5, 5.41) is 7.85. The lowest BCUT2D eigenvalue weighted by Crippen LogP contribution is -1.96. The Labute approximate surface area is 125 Å². The van der Waals surface area contributed by atoms with Crippen molar-refractivity contribution < 1.29 is 13.5 Å². The second-order valence-electron chi connectivity index (χ2n) is 4.23. The number of hydrogen-bond acceptors (Lipinski definition) is 4. The van der Waals surface area contributed by atoms with Crippen LogP contribution in [0.2, 0.25) is 5.02 Å². The Kier molecular flexibility index (Phi) is 3.83. The van der Waals surface area contributed by atoms with E-state index in [1.165, 1.54) is 18.2 Å². The number of nitrogens with zero attached hydrogens (tertiary/aromatic N) is 2. The summed E-state index contributed by atoms with van der Waals surface area (Å²) in [4.78, 5) is 0. The van der Waals surface area contributed by atoms with Crippen LogP contribution in [0.15, 0.2) is 52.9 Å². The molecular weight excluding hydrogens is 295 g/mol. The summed E-state index contributed by atoms with van der Waals surface area (Å²) in [6.45, 7) is 0.0851. The molecule has 0 fully saturated rings. The second kappa shape index (κ2) is 5.93. The second-order valence-corrected chi connectivity index (χ2v) is 4.64. The Hall–Kier alpha value is -2.40. The zero-order chi connectivity index (χ0) is 14.7. The van der Waals surface area contributed by atoms with Crippen molar-refractivity contribution >= 4 is 11.6 Å². The molecule has 0 atom stereocenters. The molecule has 1 aromatic heterocycles. The highest BCUT2D eigenvalue weighted by Crippen LogP contribution is 2.22. The predicted molar refractivity (Wildman–Crippen MR) is 75.5 cm³/mol. The standard InChI is InChI=1S/C15H10ClFN2O2/c16-12-8-11(6-7-13(12)17)20-9-14-18-19-15(21-14)10-4-2-1-3-5-10/h1-8H,9H2. The molecular formula is C15H10ClFN2O2. The van der Waals surface area contributed by atoms with Crippen LogP contribution >= 0.6 is 11.6 Å². The summed E-state index contributed by atoms with van der Waals surface area (Å²) in [6, 6.07) is 13.5. The third-order valence-electron chi connectivity index (χ3n) is 2.74. The Balaban J connectivity index is 1.69. The topological polar surface area (TPSA) is 48.2 Å². The fraction of sp³-hybridized carbons (Fsp3) is 0.0667. The Morgan fingerprint density at radius 1 is 1.10 bits per heavy atom. The lowest BCUT2D eigenvalue weighted by atomic mass is 10.2. The van der Waals surface area contributed by atoms with Crippen molar-refractivity contribution in [2.45, 2.75) is 6.61 Å². The largest absolute Gasteiger partial charge is 0.484 e. The molecule has 0 spiro atoms. The number of benzene rings is 2. The summed E-state index contributed by atoms with van der Waals surface area (Å²) in [7, 11) is 0. The normalized spacial score (nSPS) is 10.6. The SMILES string of the molecule is Fc1ccc(OCc2nnc(-c3ccccc3)o2)cc1Cl. The summed E-state index contributed by atoms with van der Waals surface area (Å²) >= 11 is 5.67. The fourth-order valence-corrected chi connectivity index (χ4v) is 1.89. The van der Waals surface area contributed by atoms with Gasteiger partial charge in [0.2, 0.25) is 5.89 Å². The minimum absolute atomic E-state index is 0.00278. The van der Waals surface area contributed by atoms with Crippen molar-refractivity contribution in [1.82, 2.24) is 10.2 Å². The average Bonchev–Trinajstić information content (AvgIpc) is 2.98. The van der Waals surface area contributed by atoms with Crippen LogP contribution < -0.4 is 4.74 Å². The van der Waals surface area contributed by atoms with Crippen LogP contribution in [-0.4, -0.2) is 10.2 Å². The van der Waals surface area contributed by atoms with E-state index in [2.05, 4.69) is 10.2 Å². The van der Waals surface area contributed by atoms with Gasteiger partial charge in [-0.25, -0.2) is 4.39 Å². The van der Waals surface area contributed by atoms with Gasteiger partial charge in [-0.05, 0) is 24.3 Å². The predicted octanol–water partition coefficient (Wildman–Crippen LogP) is 4.11. The summed E-state index contributed by atoms with van der Waals surface area (Å²) < 4.78 is 23.9. The molecule has 3 rings (SSSR count). The van der Waals surface area contributed by atoms with Crippen LogP contribution in [0.25, 0.3) is 11.5 Å². The molecule has 6 heteroatoms. The molecule has 0 bridgehead atoms. The van der Waals surface area contributed by atoms with Gasteiger partial charge in [0.1, 0.15) is 11.6 Å². The van der Waals surface area contributed by atoms with Gasteiger partial charge in [0.05, 0.1) is 5.02 Å². The van der Waals surface area contributed by atoms with Crippen LogP contribution in [-0.2, 0) is 6.61 Å². The van der Waals surface area contributed by atoms with E-state index in [-0.39, 0.29) is 11.6 Å². The van der Waals surface area contributed by atoms with Crippen molar-refractivity contribution in [3.05, 3.63) is 65.3 Å². The van der Waals surface area contributed by atoms with Gasteiger partial charge in [-0.3, -0.25) is 0 Å². The molecule has 0 amide bonds. The minimum atomic E-state index is -0.492. The van der Waals surface area contributed by atoms with Gasteiger partial charge in [0.25, 0.3) is 5.89 Å². The molecule has 0 radical (unpaired) electrons. The molecule has 0 aliphatic carbocycles. The van der Waals surface area contributed by atoms with Crippen LogP contribution in [0.4, 0.5) is 4.39 Å². The van der Waals surface area contributed by atoms with Gasteiger partial charge in [-0.15, -0.1) is 10.2 Å². The van der Waals surface area contributed by atoms with E-state index < -0.39 is 5.82 Å². The Morgan fingerprint density at radius 3 is 2.67 bits per heavy atom. The van der Waals surface area contributed by atoms with E-state index in [1.807, 2.05) is 30.3 Å². The maximum absolute atomic E-state index is 13.0. The highest BCUT2D eigenvalue weighted by Gasteiger charge is 2.09. The highest BCUT2D eigenvalue weighted by atomic mass is 35.5. The summed E-state index contributed by atoms with van der Waals surface area (Å²) in [6.07, 6.45) is 0. The molecule has 1 heterocycles. The van der Waals surface area contributed by atoms with E-state index in [9.17, 15) is 4.39 Å². The molecule has 4 nitrogen and oxygen atoms in total. The highest BCUT2D eigenvalue weighted by molar-refractivity contribution is 6.30. The number of aromatic nitrogens is 2. The first-order valence-electron chi connectivity index (χ1n) is 6.18. The molecule has 0 N–H and O–H groups in total. The lowest BCUT2D eigenvalue weighted by molar-refractivity contribution is 0.264. The van der Waals surface area contributed by atoms with Crippen molar-refractivity contribution in [2.75, 3.05) is 0 Å². The van der Waals surface area contributed by atoms with Crippen molar-refractivity contribution in [2.24, 2.45) is 0 Å². The number of ether oxygens (including phenoxy) is 1.